The Hall–Kier alpha value is -0.410. The lowest BCUT2D eigenvalue weighted by molar-refractivity contribution is 0.463. The Labute approximate surface area is 110 Å². The summed E-state index contributed by atoms with van der Waals surface area (Å²) in [6, 6.07) is 4.22. The van der Waals surface area contributed by atoms with Crippen molar-refractivity contribution < 1.29 is 0 Å². The van der Waals surface area contributed by atoms with Crippen molar-refractivity contribution >= 4 is 38.9 Å². The monoisotopic (exact) mass is 302 g/mol. The zero-order valence-corrected chi connectivity index (χ0v) is 11.4. The third-order valence-electron chi connectivity index (χ3n) is 3.04. The molecule has 0 heterocycles. The van der Waals surface area contributed by atoms with Gasteiger partial charge >= 0.3 is 0 Å². The van der Waals surface area contributed by atoms with Gasteiger partial charge in [0.2, 0.25) is 0 Å². The molecule has 88 valence electrons. The molecule has 0 unspecified atom stereocenters. The molecule has 0 atom stereocenters. The molecule has 0 saturated heterocycles. The van der Waals surface area contributed by atoms with Crippen LogP contribution in [0.4, 0.5) is 11.4 Å². The SMILES string of the molecule is Nc1cc(Cl)cc(Br)c1NC1CCCCC1. The average Bonchev–Trinajstić information content (AvgIpc) is 2.25. The van der Waals surface area contributed by atoms with E-state index in [1.807, 2.05) is 6.07 Å². The van der Waals surface area contributed by atoms with Gasteiger partial charge in [-0.1, -0.05) is 30.9 Å². The van der Waals surface area contributed by atoms with Crippen LogP contribution in [0.25, 0.3) is 0 Å². The van der Waals surface area contributed by atoms with Gasteiger partial charge in [-0.25, -0.2) is 0 Å². The highest BCUT2D eigenvalue weighted by Crippen LogP contribution is 2.34. The van der Waals surface area contributed by atoms with E-state index in [9.17, 15) is 0 Å². The van der Waals surface area contributed by atoms with Crippen LogP contribution in [0.15, 0.2) is 16.6 Å². The smallest absolute Gasteiger partial charge is 0.0721 e. The first-order valence-electron chi connectivity index (χ1n) is 5.68. The fourth-order valence-electron chi connectivity index (χ4n) is 2.20. The van der Waals surface area contributed by atoms with Crippen LogP contribution in [-0.2, 0) is 0 Å². The second-order valence-corrected chi connectivity index (χ2v) is 5.62. The van der Waals surface area contributed by atoms with Crippen molar-refractivity contribution in [3.8, 4) is 0 Å². The Kier molecular flexibility index (Phi) is 3.98. The normalized spacial score (nSPS) is 17.4. The molecule has 2 nitrogen and oxygen atoms in total. The van der Waals surface area contributed by atoms with Crippen molar-refractivity contribution in [3.63, 3.8) is 0 Å². The van der Waals surface area contributed by atoms with E-state index in [4.69, 9.17) is 17.3 Å². The summed E-state index contributed by atoms with van der Waals surface area (Å²) in [6.45, 7) is 0. The van der Waals surface area contributed by atoms with Crippen molar-refractivity contribution in [3.05, 3.63) is 21.6 Å². The number of hydrogen-bond donors (Lipinski definition) is 2. The summed E-state index contributed by atoms with van der Waals surface area (Å²) in [5.74, 6) is 0. The molecule has 1 fully saturated rings. The molecule has 0 amide bonds. The first-order chi connectivity index (χ1) is 7.66. The largest absolute Gasteiger partial charge is 0.397 e. The van der Waals surface area contributed by atoms with Gasteiger partial charge in [0, 0.05) is 15.5 Å². The zero-order chi connectivity index (χ0) is 11.5. The summed E-state index contributed by atoms with van der Waals surface area (Å²) in [4.78, 5) is 0. The van der Waals surface area contributed by atoms with E-state index in [1.165, 1.54) is 32.1 Å². The van der Waals surface area contributed by atoms with Crippen molar-refractivity contribution in [2.45, 2.75) is 38.1 Å². The van der Waals surface area contributed by atoms with Crippen LogP contribution in [0, 0.1) is 0 Å². The lowest BCUT2D eigenvalue weighted by Crippen LogP contribution is -2.23. The molecule has 1 aliphatic carbocycles. The Bertz CT molecular complexity index is 352. The van der Waals surface area contributed by atoms with Crippen LogP contribution in [0.5, 0.6) is 0 Å². The summed E-state index contributed by atoms with van der Waals surface area (Å²) in [5, 5.41) is 4.18. The predicted octanol–water partition coefficient (Wildman–Crippen LogP) is 4.43. The van der Waals surface area contributed by atoms with Gasteiger partial charge in [-0.3, -0.25) is 0 Å². The molecule has 0 bridgehead atoms. The van der Waals surface area contributed by atoms with Crippen molar-refractivity contribution in [2.24, 2.45) is 0 Å². The second kappa shape index (κ2) is 5.28. The lowest BCUT2D eigenvalue weighted by Gasteiger charge is -2.25. The summed E-state index contributed by atoms with van der Waals surface area (Å²) < 4.78 is 0.947. The highest BCUT2D eigenvalue weighted by Gasteiger charge is 2.15. The van der Waals surface area contributed by atoms with Crippen molar-refractivity contribution in [1.29, 1.82) is 0 Å². The quantitative estimate of drug-likeness (QED) is 0.793. The highest BCUT2D eigenvalue weighted by atomic mass is 79.9. The molecule has 4 heteroatoms. The summed E-state index contributed by atoms with van der Waals surface area (Å²) in [6.07, 6.45) is 6.43. The maximum atomic E-state index is 5.96. The highest BCUT2D eigenvalue weighted by molar-refractivity contribution is 9.10. The van der Waals surface area contributed by atoms with Crippen molar-refractivity contribution in [1.82, 2.24) is 0 Å². The number of benzene rings is 1. The van der Waals surface area contributed by atoms with Crippen molar-refractivity contribution in [2.75, 3.05) is 11.1 Å². The van der Waals surface area contributed by atoms with Gasteiger partial charge in [-0.2, -0.15) is 0 Å². The molecule has 1 aromatic rings. The number of nitrogen functional groups attached to an aromatic ring is 1. The van der Waals surface area contributed by atoms with Gasteiger partial charge in [0.05, 0.1) is 11.4 Å². The Balaban J connectivity index is 2.14. The number of hydrogen-bond acceptors (Lipinski definition) is 2. The van der Waals surface area contributed by atoms with Gasteiger partial charge in [-0.05, 0) is 40.9 Å². The van der Waals surface area contributed by atoms with E-state index >= 15 is 0 Å². The third kappa shape index (κ3) is 2.83. The Morgan fingerprint density at radius 3 is 2.56 bits per heavy atom. The average molecular weight is 304 g/mol. The van der Waals surface area contributed by atoms with Crippen LogP contribution >= 0.6 is 27.5 Å². The fourth-order valence-corrected chi connectivity index (χ4v) is 3.15. The molecule has 0 radical (unpaired) electrons. The molecule has 1 aromatic carbocycles. The molecular weight excluding hydrogens is 288 g/mol. The number of anilines is 2. The maximum Gasteiger partial charge on any atom is 0.0721 e. The third-order valence-corrected chi connectivity index (χ3v) is 3.88. The summed E-state index contributed by atoms with van der Waals surface area (Å²) >= 11 is 9.42. The Morgan fingerprint density at radius 2 is 1.94 bits per heavy atom. The van der Waals surface area contributed by atoms with E-state index in [-0.39, 0.29) is 0 Å². The van der Waals surface area contributed by atoms with Gasteiger partial charge in [0.25, 0.3) is 0 Å². The molecule has 2 rings (SSSR count). The molecule has 1 saturated carbocycles. The number of halogens is 2. The first-order valence-corrected chi connectivity index (χ1v) is 6.85. The van der Waals surface area contributed by atoms with E-state index in [2.05, 4.69) is 21.2 Å². The molecule has 3 N–H and O–H groups in total. The molecule has 0 aromatic heterocycles. The van der Waals surface area contributed by atoms with Crippen LogP contribution in [0.2, 0.25) is 5.02 Å². The Morgan fingerprint density at radius 1 is 1.25 bits per heavy atom. The number of rotatable bonds is 2. The number of nitrogens with one attached hydrogen (secondary N) is 1. The molecule has 0 aliphatic heterocycles. The summed E-state index contributed by atoms with van der Waals surface area (Å²) in [7, 11) is 0. The minimum atomic E-state index is 0.550. The topological polar surface area (TPSA) is 38.0 Å². The van der Waals surface area contributed by atoms with Crippen LogP contribution < -0.4 is 11.1 Å². The van der Waals surface area contributed by atoms with E-state index in [1.54, 1.807) is 6.07 Å². The summed E-state index contributed by atoms with van der Waals surface area (Å²) in [5.41, 5.74) is 7.66. The van der Waals surface area contributed by atoms with E-state index in [0.717, 1.165) is 10.2 Å². The second-order valence-electron chi connectivity index (χ2n) is 4.33. The van der Waals surface area contributed by atoms with E-state index in [0.29, 0.717) is 16.8 Å². The first kappa shape index (κ1) is 12.1. The van der Waals surface area contributed by atoms with Gasteiger partial charge in [0.1, 0.15) is 0 Å². The lowest BCUT2D eigenvalue weighted by atomic mass is 9.95. The van der Waals surface area contributed by atoms with Gasteiger partial charge < -0.3 is 11.1 Å². The van der Waals surface area contributed by atoms with E-state index < -0.39 is 0 Å². The molecular formula is C12H16BrClN2. The number of nitrogens with two attached hydrogens (primary N) is 1. The maximum absolute atomic E-state index is 5.96. The van der Waals surface area contributed by atoms with Crippen LogP contribution in [0.1, 0.15) is 32.1 Å². The minimum absolute atomic E-state index is 0.550. The molecule has 1 aliphatic rings. The zero-order valence-electron chi connectivity index (χ0n) is 9.10. The molecule has 0 spiro atoms. The predicted molar refractivity (Wildman–Crippen MR) is 74.1 cm³/mol. The molecule has 16 heavy (non-hydrogen) atoms. The standard InChI is InChI=1S/C12H16BrClN2/c13-10-6-8(14)7-11(15)12(10)16-9-4-2-1-3-5-9/h6-7,9,16H,1-5,15H2. The minimum Gasteiger partial charge on any atom is -0.397 e. The van der Waals surface area contributed by atoms with Crippen LogP contribution in [0.3, 0.4) is 0 Å². The fraction of sp³-hybridized carbons (Fsp3) is 0.500. The van der Waals surface area contributed by atoms with Crippen LogP contribution in [-0.4, -0.2) is 6.04 Å². The van der Waals surface area contributed by atoms with Gasteiger partial charge in [0.15, 0.2) is 0 Å². The van der Waals surface area contributed by atoms with Gasteiger partial charge in [-0.15, -0.1) is 0 Å².